The lowest BCUT2D eigenvalue weighted by Crippen LogP contribution is -2.45. The van der Waals surface area contributed by atoms with Gasteiger partial charge in [0.05, 0.1) is 25.8 Å². The summed E-state index contributed by atoms with van der Waals surface area (Å²) >= 11 is 5.98. The molecule has 0 unspecified atom stereocenters. The Labute approximate surface area is 140 Å². The Morgan fingerprint density at radius 3 is 2.70 bits per heavy atom. The molecule has 0 saturated carbocycles. The molecule has 1 aliphatic rings. The lowest BCUT2D eigenvalue weighted by atomic mass is 10.1. The number of hydrogen-bond donors (Lipinski definition) is 1. The summed E-state index contributed by atoms with van der Waals surface area (Å²) in [4.78, 5) is 6.62. The lowest BCUT2D eigenvalue weighted by Gasteiger charge is -2.28. The Morgan fingerprint density at radius 2 is 2.04 bits per heavy atom. The first-order valence-electron chi connectivity index (χ1n) is 7.61. The third-order valence-electron chi connectivity index (χ3n) is 3.86. The molecule has 0 radical (unpaired) electrons. The minimum Gasteiger partial charge on any atom is -0.378 e. The fraction of sp³-hybridized carbons (Fsp3) is 0.375. The number of nitrogens with two attached hydrogens (primary N) is 1. The van der Waals surface area contributed by atoms with Gasteiger partial charge in [0.25, 0.3) is 0 Å². The van der Waals surface area contributed by atoms with Gasteiger partial charge in [-0.1, -0.05) is 23.7 Å². The Bertz CT molecular complexity index is 635. The van der Waals surface area contributed by atoms with Gasteiger partial charge in [0.2, 0.25) is 0 Å². The fourth-order valence-electron chi connectivity index (χ4n) is 2.56. The van der Waals surface area contributed by atoms with E-state index in [1.807, 2.05) is 46.1 Å². The van der Waals surface area contributed by atoms with E-state index in [1.54, 1.807) is 6.20 Å². The maximum atomic E-state index is 6.12. The van der Waals surface area contributed by atoms with Crippen LogP contribution >= 0.6 is 11.6 Å². The summed E-state index contributed by atoms with van der Waals surface area (Å²) < 4.78 is 7.22. The summed E-state index contributed by atoms with van der Waals surface area (Å²) in [7, 11) is 0. The normalized spacial score (nSPS) is 17.3. The van der Waals surface area contributed by atoms with E-state index >= 15 is 0 Å². The molecule has 3 rings (SSSR count). The topological polar surface area (TPSA) is 68.7 Å². The summed E-state index contributed by atoms with van der Waals surface area (Å²) in [5, 5.41) is 5.06. The number of morpholine rings is 1. The van der Waals surface area contributed by atoms with Crippen molar-refractivity contribution in [3.8, 4) is 0 Å². The number of aliphatic imine (C=N–C) groups is 1. The predicted molar refractivity (Wildman–Crippen MR) is 90.7 cm³/mol. The van der Waals surface area contributed by atoms with Gasteiger partial charge in [-0.2, -0.15) is 5.10 Å². The van der Waals surface area contributed by atoms with Crippen LogP contribution in [0, 0.1) is 0 Å². The zero-order valence-electron chi connectivity index (χ0n) is 12.8. The second kappa shape index (κ2) is 7.48. The number of benzene rings is 1. The number of rotatable bonds is 4. The van der Waals surface area contributed by atoms with E-state index in [2.05, 4.69) is 10.1 Å². The van der Waals surface area contributed by atoms with Gasteiger partial charge in [0, 0.05) is 30.5 Å². The third-order valence-corrected chi connectivity index (χ3v) is 4.11. The Hall–Kier alpha value is -2.05. The summed E-state index contributed by atoms with van der Waals surface area (Å²) in [5.74, 6) is 0.555. The molecular weight excluding hydrogens is 314 g/mol. The van der Waals surface area contributed by atoms with E-state index in [-0.39, 0.29) is 6.04 Å². The van der Waals surface area contributed by atoms with Crippen LogP contribution in [0.25, 0.3) is 0 Å². The molecule has 0 amide bonds. The van der Waals surface area contributed by atoms with Crippen molar-refractivity contribution in [1.29, 1.82) is 0 Å². The van der Waals surface area contributed by atoms with Crippen LogP contribution in [0.3, 0.4) is 0 Å². The van der Waals surface area contributed by atoms with Gasteiger partial charge in [0.1, 0.15) is 0 Å². The first-order valence-corrected chi connectivity index (χ1v) is 7.99. The maximum Gasteiger partial charge on any atom is 0.191 e. The van der Waals surface area contributed by atoms with Gasteiger partial charge < -0.3 is 15.4 Å². The first-order chi connectivity index (χ1) is 11.2. The monoisotopic (exact) mass is 333 g/mol. The summed E-state index contributed by atoms with van der Waals surface area (Å²) in [6, 6.07) is 9.63. The van der Waals surface area contributed by atoms with Crippen LogP contribution in [-0.4, -0.2) is 53.5 Å². The van der Waals surface area contributed by atoms with Crippen molar-refractivity contribution in [2.75, 3.05) is 32.8 Å². The highest BCUT2D eigenvalue weighted by atomic mass is 35.5. The molecule has 6 nitrogen and oxygen atoms in total. The Kier molecular flexibility index (Phi) is 5.15. The van der Waals surface area contributed by atoms with Crippen molar-refractivity contribution < 1.29 is 4.74 Å². The number of guanidine groups is 1. The molecule has 7 heteroatoms. The molecule has 1 saturated heterocycles. The van der Waals surface area contributed by atoms with Crippen LogP contribution < -0.4 is 5.73 Å². The zero-order chi connectivity index (χ0) is 16.1. The van der Waals surface area contributed by atoms with Gasteiger partial charge in [-0.15, -0.1) is 0 Å². The van der Waals surface area contributed by atoms with Crippen LogP contribution in [0.5, 0.6) is 0 Å². The highest BCUT2D eigenvalue weighted by Crippen LogP contribution is 2.20. The maximum absolute atomic E-state index is 6.12. The number of hydrogen-bond acceptors (Lipinski definition) is 3. The highest BCUT2D eigenvalue weighted by molar-refractivity contribution is 6.30. The molecule has 0 bridgehead atoms. The van der Waals surface area contributed by atoms with Gasteiger partial charge in [0.15, 0.2) is 5.96 Å². The van der Waals surface area contributed by atoms with Crippen molar-refractivity contribution in [2.45, 2.75) is 6.04 Å². The van der Waals surface area contributed by atoms with Crippen LogP contribution in [0.4, 0.5) is 0 Å². The largest absolute Gasteiger partial charge is 0.378 e. The van der Waals surface area contributed by atoms with Crippen LogP contribution in [0.15, 0.2) is 47.7 Å². The van der Waals surface area contributed by atoms with E-state index in [0.29, 0.717) is 30.7 Å². The molecule has 1 atom stereocenters. The Morgan fingerprint density at radius 1 is 1.30 bits per heavy atom. The van der Waals surface area contributed by atoms with E-state index in [4.69, 9.17) is 22.1 Å². The van der Waals surface area contributed by atoms with E-state index in [1.165, 1.54) is 0 Å². The van der Waals surface area contributed by atoms with Crippen molar-refractivity contribution in [1.82, 2.24) is 14.7 Å². The number of nitrogens with zero attached hydrogens (tertiary/aromatic N) is 4. The minimum absolute atomic E-state index is 0.0122. The fourth-order valence-corrected chi connectivity index (χ4v) is 2.69. The first kappa shape index (κ1) is 15.8. The van der Waals surface area contributed by atoms with Crippen LogP contribution in [-0.2, 0) is 4.74 Å². The minimum atomic E-state index is -0.0122. The van der Waals surface area contributed by atoms with Gasteiger partial charge >= 0.3 is 0 Å². The van der Waals surface area contributed by atoms with E-state index in [0.717, 1.165) is 18.7 Å². The molecule has 1 aliphatic heterocycles. The molecule has 2 aromatic rings. The quantitative estimate of drug-likeness (QED) is 0.684. The van der Waals surface area contributed by atoms with Crippen LogP contribution in [0.1, 0.15) is 11.6 Å². The average molecular weight is 334 g/mol. The smallest absolute Gasteiger partial charge is 0.191 e. The summed E-state index contributed by atoms with van der Waals surface area (Å²) in [5.41, 5.74) is 7.22. The molecule has 23 heavy (non-hydrogen) atoms. The zero-order valence-corrected chi connectivity index (χ0v) is 13.6. The highest BCUT2D eigenvalue weighted by Gasteiger charge is 2.16. The number of ether oxygens (including phenoxy) is 1. The van der Waals surface area contributed by atoms with E-state index < -0.39 is 0 Å². The van der Waals surface area contributed by atoms with Crippen molar-refractivity contribution in [3.63, 3.8) is 0 Å². The van der Waals surface area contributed by atoms with Crippen molar-refractivity contribution >= 4 is 17.6 Å². The molecule has 122 valence electrons. The second-order valence-corrected chi connectivity index (χ2v) is 5.79. The molecule has 0 spiro atoms. The van der Waals surface area contributed by atoms with Gasteiger partial charge in [-0.25, -0.2) is 0 Å². The Balaban J connectivity index is 1.77. The second-order valence-electron chi connectivity index (χ2n) is 5.35. The lowest BCUT2D eigenvalue weighted by molar-refractivity contribution is 0.0674. The van der Waals surface area contributed by atoms with E-state index in [9.17, 15) is 0 Å². The van der Waals surface area contributed by atoms with Crippen LogP contribution in [0.2, 0.25) is 5.02 Å². The third kappa shape index (κ3) is 4.03. The van der Waals surface area contributed by atoms with Gasteiger partial charge in [-0.3, -0.25) is 9.67 Å². The van der Waals surface area contributed by atoms with Crippen molar-refractivity contribution in [3.05, 3.63) is 53.3 Å². The van der Waals surface area contributed by atoms with Crippen molar-refractivity contribution in [2.24, 2.45) is 10.7 Å². The summed E-state index contributed by atoms with van der Waals surface area (Å²) in [6.45, 7) is 3.46. The van der Waals surface area contributed by atoms with Gasteiger partial charge in [-0.05, 0) is 23.8 Å². The standard InChI is InChI=1S/C16H20ClN5O/c17-14-4-2-13(3-5-14)15(22-7-1-6-20-22)12-19-16(18)21-8-10-23-11-9-21/h1-7,15H,8-12H2,(H2,18,19)/t15-/m0/s1. The molecule has 1 aromatic carbocycles. The number of halogens is 1. The molecule has 2 heterocycles. The molecule has 1 aromatic heterocycles. The average Bonchev–Trinajstić information content (AvgIpc) is 3.11. The SMILES string of the molecule is NC(=NC[C@@H](c1ccc(Cl)cc1)n1cccn1)N1CCOCC1. The molecule has 2 N–H and O–H groups in total. The molecule has 1 fully saturated rings. The summed E-state index contributed by atoms with van der Waals surface area (Å²) in [6.07, 6.45) is 3.69. The number of aromatic nitrogens is 2. The molecule has 0 aliphatic carbocycles. The predicted octanol–water partition coefficient (Wildman–Crippen LogP) is 1.77. The molecular formula is C16H20ClN5O.